The van der Waals surface area contributed by atoms with E-state index in [0.717, 1.165) is 24.5 Å². The van der Waals surface area contributed by atoms with E-state index in [0.29, 0.717) is 29.8 Å². The van der Waals surface area contributed by atoms with Gasteiger partial charge in [-0.1, -0.05) is 17.7 Å². The normalized spacial score (nSPS) is 16.7. The molecule has 1 saturated heterocycles. The Morgan fingerprint density at radius 3 is 2.76 bits per heavy atom. The largest absolute Gasteiger partial charge is 0.444 e. The Kier molecular flexibility index (Phi) is 6.38. The standard InChI is InChI=1S/C24H25ClF2N4O2/c1-24(2,3)33-23(32)31-10-4-5-15(12-31)14-6-8-18-16(11-14)22(29-13-28-18)30-19-9-7-17(26)20(25)21(19)27/h6-9,11,13,15H,4-5,10,12H2,1-3H3,(H,28,29,30). The lowest BCUT2D eigenvalue weighted by atomic mass is 9.90. The van der Waals surface area contributed by atoms with Crippen molar-refractivity contribution in [2.75, 3.05) is 18.4 Å². The van der Waals surface area contributed by atoms with E-state index in [1.165, 1.54) is 12.4 Å². The van der Waals surface area contributed by atoms with E-state index in [1.807, 2.05) is 39.0 Å². The van der Waals surface area contributed by atoms with Crippen LogP contribution in [-0.4, -0.2) is 39.7 Å². The first-order valence-corrected chi connectivity index (χ1v) is 11.1. The number of piperidine rings is 1. The lowest BCUT2D eigenvalue weighted by Crippen LogP contribution is -2.42. The molecule has 1 N–H and O–H groups in total. The first-order valence-electron chi connectivity index (χ1n) is 10.8. The highest BCUT2D eigenvalue weighted by Crippen LogP contribution is 2.33. The monoisotopic (exact) mass is 474 g/mol. The van der Waals surface area contributed by atoms with Gasteiger partial charge in [-0.3, -0.25) is 0 Å². The van der Waals surface area contributed by atoms with Gasteiger partial charge in [-0.2, -0.15) is 0 Å². The van der Waals surface area contributed by atoms with Gasteiger partial charge in [0.2, 0.25) is 0 Å². The van der Waals surface area contributed by atoms with E-state index in [9.17, 15) is 13.6 Å². The molecule has 0 radical (unpaired) electrons. The highest BCUT2D eigenvalue weighted by molar-refractivity contribution is 6.31. The second-order valence-electron chi connectivity index (χ2n) is 9.11. The number of carbonyl (C=O) groups is 1. The molecular formula is C24H25ClF2N4O2. The summed E-state index contributed by atoms with van der Waals surface area (Å²) in [4.78, 5) is 22.8. The van der Waals surface area contributed by atoms with Crippen LogP contribution in [0.5, 0.6) is 0 Å². The molecule has 1 aromatic heterocycles. The molecular weight excluding hydrogens is 450 g/mol. The minimum Gasteiger partial charge on any atom is -0.444 e. The molecule has 0 saturated carbocycles. The molecule has 1 unspecified atom stereocenters. The van der Waals surface area contributed by atoms with Gasteiger partial charge in [0.25, 0.3) is 0 Å². The van der Waals surface area contributed by atoms with Crippen molar-refractivity contribution in [3.05, 3.63) is 58.9 Å². The molecule has 1 aliphatic heterocycles. The SMILES string of the molecule is CC(C)(C)OC(=O)N1CCCC(c2ccc3ncnc(Nc4ccc(F)c(Cl)c4F)c3c2)C1. The summed E-state index contributed by atoms with van der Waals surface area (Å²) >= 11 is 5.71. The number of fused-ring (bicyclic) bond motifs is 1. The highest BCUT2D eigenvalue weighted by Gasteiger charge is 2.28. The molecule has 174 valence electrons. The van der Waals surface area contributed by atoms with E-state index in [4.69, 9.17) is 16.3 Å². The highest BCUT2D eigenvalue weighted by atomic mass is 35.5. The summed E-state index contributed by atoms with van der Waals surface area (Å²) in [6.07, 6.45) is 2.83. The van der Waals surface area contributed by atoms with Gasteiger partial charge < -0.3 is 15.0 Å². The molecule has 1 atom stereocenters. The van der Waals surface area contributed by atoms with Crippen molar-refractivity contribution in [1.82, 2.24) is 14.9 Å². The van der Waals surface area contributed by atoms with Gasteiger partial charge in [0, 0.05) is 24.4 Å². The zero-order valence-electron chi connectivity index (χ0n) is 18.7. The maximum absolute atomic E-state index is 14.4. The minimum absolute atomic E-state index is 0.0144. The van der Waals surface area contributed by atoms with E-state index < -0.39 is 22.3 Å². The van der Waals surface area contributed by atoms with Crippen LogP contribution in [0.15, 0.2) is 36.7 Å². The predicted octanol–water partition coefficient (Wildman–Crippen LogP) is 6.42. The summed E-state index contributed by atoms with van der Waals surface area (Å²) in [6.45, 7) is 6.74. The number of rotatable bonds is 3. The first-order chi connectivity index (χ1) is 15.6. The number of amides is 1. The number of hydrogen-bond donors (Lipinski definition) is 1. The van der Waals surface area contributed by atoms with Crippen LogP contribution in [0, 0.1) is 11.6 Å². The Bertz CT molecular complexity index is 1200. The smallest absolute Gasteiger partial charge is 0.410 e. The molecule has 0 aliphatic carbocycles. The van der Waals surface area contributed by atoms with Gasteiger partial charge in [0.1, 0.15) is 28.6 Å². The first kappa shape index (κ1) is 23.2. The van der Waals surface area contributed by atoms with Gasteiger partial charge in [-0.05, 0) is 63.4 Å². The summed E-state index contributed by atoms with van der Waals surface area (Å²) in [5.74, 6) is -1.23. The summed E-state index contributed by atoms with van der Waals surface area (Å²) in [7, 11) is 0. The lowest BCUT2D eigenvalue weighted by molar-refractivity contribution is 0.0198. The average molecular weight is 475 g/mol. The third kappa shape index (κ3) is 5.16. The van der Waals surface area contributed by atoms with Crippen molar-refractivity contribution < 1.29 is 18.3 Å². The molecule has 4 rings (SSSR count). The van der Waals surface area contributed by atoms with Crippen LogP contribution in [0.3, 0.4) is 0 Å². The van der Waals surface area contributed by atoms with Gasteiger partial charge in [0.05, 0.1) is 11.2 Å². The van der Waals surface area contributed by atoms with Crippen molar-refractivity contribution in [1.29, 1.82) is 0 Å². The second kappa shape index (κ2) is 9.09. The molecule has 33 heavy (non-hydrogen) atoms. The number of likely N-dealkylation sites (tertiary alicyclic amines) is 1. The minimum atomic E-state index is -0.889. The fraction of sp³-hybridized carbons (Fsp3) is 0.375. The number of carbonyl (C=O) groups excluding carboxylic acids is 1. The zero-order chi connectivity index (χ0) is 23.8. The number of nitrogens with one attached hydrogen (secondary N) is 1. The maximum Gasteiger partial charge on any atom is 0.410 e. The number of aromatic nitrogens is 2. The van der Waals surface area contributed by atoms with Crippen LogP contribution >= 0.6 is 11.6 Å². The van der Waals surface area contributed by atoms with Gasteiger partial charge in [-0.25, -0.2) is 23.5 Å². The quantitative estimate of drug-likeness (QED) is 0.444. The Hall–Kier alpha value is -3.00. The third-order valence-corrected chi connectivity index (χ3v) is 5.84. The molecule has 0 spiro atoms. The summed E-state index contributed by atoms with van der Waals surface area (Å²) < 4.78 is 33.5. The van der Waals surface area contributed by atoms with Crippen molar-refractivity contribution in [2.24, 2.45) is 0 Å². The van der Waals surface area contributed by atoms with Crippen LogP contribution in [0.2, 0.25) is 5.02 Å². The van der Waals surface area contributed by atoms with Crippen molar-refractivity contribution in [2.45, 2.75) is 45.1 Å². The molecule has 1 fully saturated rings. The van der Waals surface area contributed by atoms with Crippen molar-refractivity contribution in [3.8, 4) is 0 Å². The maximum atomic E-state index is 14.4. The Labute approximate surface area is 195 Å². The fourth-order valence-electron chi connectivity index (χ4n) is 3.92. The fourth-order valence-corrected chi connectivity index (χ4v) is 4.08. The number of ether oxygens (including phenoxy) is 1. The predicted molar refractivity (Wildman–Crippen MR) is 124 cm³/mol. The molecule has 9 heteroatoms. The van der Waals surface area contributed by atoms with E-state index in [2.05, 4.69) is 15.3 Å². The number of benzene rings is 2. The van der Waals surface area contributed by atoms with Gasteiger partial charge in [-0.15, -0.1) is 0 Å². The molecule has 1 aliphatic rings. The average Bonchev–Trinajstić information content (AvgIpc) is 2.78. The van der Waals surface area contributed by atoms with E-state index >= 15 is 0 Å². The van der Waals surface area contributed by atoms with Crippen LogP contribution in [-0.2, 0) is 4.74 Å². The lowest BCUT2D eigenvalue weighted by Gasteiger charge is -2.34. The van der Waals surface area contributed by atoms with Crippen LogP contribution in [0.4, 0.5) is 25.1 Å². The Morgan fingerprint density at radius 2 is 2.00 bits per heavy atom. The number of hydrogen-bond acceptors (Lipinski definition) is 5. The van der Waals surface area contributed by atoms with Gasteiger partial charge >= 0.3 is 6.09 Å². The molecule has 2 heterocycles. The molecule has 0 bridgehead atoms. The van der Waals surface area contributed by atoms with E-state index in [-0.39, 0.29) is 17.7 Å². The third-order valence-electron chi connectivity index (χ3n) is 5.49. The molecule has 2 aromatic carbocycles. The van der Waals surface area contributed by atoms with Crippen molar-refractivity contribution >= 4 is 40.1 Å². The molecule has 1 amide bonds. The van der Waals surface area contributed by atoms with Crippen LogP contribution in [0.1, 0.15) is 45.1 Å². The Morgan fingerprint density at radius 1 is 1.21 bits per heavy atom. The van der Waals surface area contributed by atoms with E-state index in [1.54, 1.807) is 4.90 Å². The summed E-state index contributed by atoms with van der Waals surface area (Å²) in [5.41, 5.74) is 1.15. The zero-order valence-corrected chi connectivity index (χ0v) is 19.4. The summed E-state index contributed by atoms with van der Waals surface area (Å²) in [6, 6.07) is 8.17. The number of nitrogens with zero attached hydrogens (tertiary/aromatic N) is 3. The summed E-state index contributed by atoms with van der Waals surface area (Å²) in [5, 5.41) is 3.01. The second-order valence-corrected chi connectivity index (χ2v) is 9.49. The van der Waals surface area contributed by atoms with Gasteiger partial charge in [0.15, 0.2) is 5.82 Å². The number of halogens is 3. The molecule has 3 aromatic rings. The van der Waals surface area contributed by atoms with Crippen molar-refractivity contribution in [3.63, 3.8) is 0 Å². The molecule has 6 nitrogen and oxygen atoms in total. The Balaban J connectivity index is 1.62. The topological polar surface area (TPSA) is 67.3 Å². The van der Waals surface area contributed by atoms with Crippen LogP contribution < -0.4 is 5.32 Å². The van der Waals surface area contributed by atoms with Crippen LogP contribution in [0.25, 0.3) is 10.9 Å². The number of anilines is 2.